The van der Waals surface area contributed by atoms with Gasteiger partial charge in [0.05, 0.1) is 6.61 Å². The summed E-state index contributed by atoms with van der Waals surface area (Å²) in [6, 6.07) is 6.40. The second kappa shape index (κ2) is 5.97. The molecule has 90 valence electrons. The molecule has 0 aromatic heterocycles. The monoisotopic (exact) mass is 225 g/mol. The molecule has 1 aromatic rings. The Morgan fingerprint density at radius 3 is 2.38 bits per heavy atom. The predicted octanol–water partition coefficient (Wildman–Crippen LogP) is 2.11. The number of nitrogens with two attached hydrogens (primary N) is 1. The highest BCUT2D eigenvalue weighted by molar-refractivity contribution is 5.18. The lowest BCUT2D eigenvalue weighted by atomic mass is 9.78. The van der Waals surface area contributed by atoms with Gasteiger partial charge >= 0.3 is 0 Å². The summed E-state index contributed by atoms with van der Waals surface area (Å²) >= 11 is 0. The van der Waals surface area contributed by atoms with Crippen LogP contribution < -0.4 is 5.73 Å². The lowest BCUT2D eigenvalue weighted by Crippen LogP contribution is -2.36. The average Bonchev–Trinajstić information content (AvgIpc) is 2.31. The molecule has 0 saturated carbocycles. The molecule has 1 rings (SSSR count). The van der Waals surface area contributed by atoms with E-state index in [1.807, 2.05) is 0 Å². The maximum Gasteiger partial charge on any atom is 0.123 e. The lowest BCUT2D eigenvalue weighted by molar-refractivity contribution is 0.121. The van der Waals surface area contributed by atoms with E-state index in [9.17, 15) is 9.50 Å². The van der Waals surface area contributed by atoms with Crippen LogP contribution in [0.3, 0.4) is 0 Å². The SMILES string of the molecule is CCCC(CN)(CO)Cc1ccc(F)cc1. The Bertz CT molecular complexity index is 306. The van der Waals surface area contributed by atoms with Crippen LogP contribution in [-0.4, -0.2) is 18.3 Å². The molecule has 0 aliphatic rings. The summed E-state index contributed by atoms with van der Waals surface area (Å²) in [5, 5.41) is 9.47. The van der Waals surface area contributed by atoms with Gasteiger partial charge in [-0.05, 0) is 30.5 Å². The van der Waals surface area contributed by atoms with E-state index in [2.05, 4.69) is 6.92 Å². The fourth-order valence-corrected chi connectivity index (χ4v) is 2.03. The summed E-state index contributed by atoms with van der Waals surface area (Å²) < 4.78 is 12.8. The van der Waals surface area contributed by atoms with Crippen LogP contribution in [0.1, 0.15) is 25.3 Å². The highest BCUT2D eigenvalue weighted by Crippen LogP contribution is 2.27. The second-order valence-corrected chi connectivity index (χ2v) is 4.42. The van der Waals surface area contributed by atoms with E-state index in [1.165, 1.54) is 12.1 Å². The molecule has 16 heavy (non-hydrogen) atoms. The minimum atomic E-state index is -0.257. The molecule has 0 bridgehead atoms. The smallest absolute Gasteiger partial charge is 0.123 e. The van der Waals surface area contributed by atoms with Gasteiger partial charge in [0.15, 0.2) is 0 Å². The number of halogens is 1. The topological polar surface area (TPSA) is 46.2 Å². The molecule has 0 fully saturated rings. The summed E-state index contributed by atoms with van der Waals surface area (Å²) in [5.41, 5.74) is 6.51. The van der Waals surface area contributed by atoms with E-state index in [0.29, 0.717) is 13.0 Å². The average molecular weight is 225 g/mol. The first kappa shape index (κ1) is 13.1. The first-order valence-electron chi connectivity index (χ1n) is 5.71. The Kier molecular flexibility index (Phi) is 4.90. The van der Waals surface area contributed by atoms with Gasteiger partial charge in [-0.1, -0.05) is 25.5 Å². The van der Waals surface area contributed by atoms with Crippen molar-refractivity contribution < 1.29 is 9.50 Å². The zero-order valence-electron chi connectivity index (χ0n) is 9.75. The van der Waals surface area contributed by atoms with Crippen molar-refractivity contribution in [2.45, 2.75) is 26.2 Å². The molecule has 2 nitrogen and oxygen atoms in total. The van der Waals surface area contributed by atoms with Gasteiger partial charge in [-0.2, -0.15) is 0 Å². The van der Waals surface area contributed by atoms with Crippen LogP contribution >= 0.6 is 0 Å². The molecule has 0 saturated heterocycles. The van der Waals surface area contributed by atoms with Crippen molar-refractivity contribution >= 4 is 0 Å². The van der Waals surface area contributed by atoms with Crippen LogP contribution in [0, 0.1) is 11.2 Å². The molecule has 3 heteroatoms. The van der Waals surface area contributed by atoms with Crippen LogP contribution in [0.4, 0.5) is 4.39 Å². The lowest BCUT2D eigenvalue weighted by Gasteiger charge is -2.30. The molecule has 0 aliphatic carbocycles. The second-order valence-electron chi connectivity index (χ2n) is 4.42. The van der Waals surface area contributed by atoms with Gasteiger partial charge in [0.2, 0.25) is 0 Å². The summed E-state index contributed by atoms with van der Waals surface area (Å²) in [7, 11) is 0. The molecule has 0 amide bonds. The van der Waals surface area contributed by atoms with Gasteiger partial charge in [-0.15, -0.1) is 0 Å². The first-order chi connectivity index (χ1) is 7.65. The van der Waals surface area contributed by atoms with Crippen LogP contribution in [0.2, 0.25) is 0 Å². The molecule has 0 heterocycles. The van der Waals surface area contributed by atoms with E-state index < -0.39 is 0 Å². The Morgan fingerprint density at radius 2 is 1.94 bits per heavy atom. The highest BCUT2D eigenvalue weighted by atomic mass is 19.1. The van der Waals surface area contributed by atoms with Crippen molar-refractivity contribution in [2.24, 2.45) is 11.1 Å². The zero-order valence-corrected chi connectivity index (χ0v) is 9.75. The maximum atomic E-state index is 12.8. The summed E-state index contributed by atoms with van der Waals surface area (Å²) in [5.74, 6) is -0.235. The highest BCUT2D eigenvalue weighted by Gasteiger charge is 2.27. The van der Waals surface area contributed by atoms with Gasteiger partial charge in [-0.25, -0.2) is 4.39 Å². The van der Waals surface area contributed by atoms with Crippen LogP contribution in [-0.2, 0) is 6.42 Å². The third-order valence-electron chi connectivity index (χ3n) is 3.04. The number of aliphatic hydroxyl groups excluding tert-OH is 1. The minimum absolute atomic E-state index is 0.0781. The quantitative estimate of drug-likeness (QED) is 0.779. The molecule has 1 aromatic carbocycles. The standard InChI is InChI=1S/C13H20FNO/c1-2-7-13(9-15,10-16)8-11-3-5-12(14)6-4-11/h3-6,16H,2,7-10,15H2,1H3. The Balaban J connectivity index is 2.78. The number of benzene rings is 1. The first-order valence-corrected chi connectivity index (χ1v) is 5.71. The van der Waals surface area contributed by atoms with E-state index in [-0.39, 0.29) is 17.8 Å². The molecular formula is C13H20FNO. The molecular weight excluding hydrogens is 205 g/mol. The molecule has 1 atom stereocenters. The van der Waals surface area contributed by atoms with Crippen molar-refractivity contribution in [1.29, 1.82) is 0 Å². The van der Waals surface area contributed by atoms with Crippen molar-refractivity contribution in [3.8, 4) is 0 Å². The fraction of sp³-hybridized carbons (Fsp3) is 0.538. The Hall–Kier alpha value is -0.930. The Labute approximate surface area is 96.3 Å². The fourth-order valence-electron chi connectivity index (χ4n) is 2.03. The van der Waals surface area contributed by atoms with E-state index in [0.717, 1.165) is 18.4 Å². The van der Waals surface area contributed by atoms with Crippen molar-refractivity contribution in [3.63, 3.8) is 0 Å². The summed E-state index contributed by atoms with van der Waals surface area (Å²) in [6.45, 7) is 2.61. The van der Waals surface area contributed by atoms with E-state index >= 15 is 0 Å². The van der Waals surface area contributed by atoms with Gasteiger partial charge in [0.25, 0.3) is 0 Å². The molecule has 0 radical (unpaired) electrons. The summed E-state index contributed by atoms with van der Waals surface area (Å²) in [4.78, 5) is 0. The van der Waals surface area contributed by atoms with E-state index in [1.54, 1.807) is 12.1 Å². The van der Waals surface area contributed by atoms with Gasteiger partial charge in [0, 0.05) is 12.0 Å². The molecule has 3 N–H and O–H groups in total. The van der Waals surface area contributed by atoms with Crippen molar-refractivity contribution in [1.82, 2.24) is 0 Å². The number of aliphatic hydroxyl groups is 1. The molecule has 0 aliphatic heterocycles. The number of hydrogen-bond donors (Lipinski definition) is 2. The normalized spacial score (nSPS) is 14.8. The van der Waals surface area contributed by atoms with Gasteiger partial charge in [-0.3, -0.25) is 0 Å². The number of hydrogen-bond acceptors (Lipinski definition) is 2. The van der Waals surface area contributed by atoms with Crippen molar-refractivity contribution in [3.05, 3.63) is 35.6 Å². The minimum Gasteiger partial charge on any atom is -0.396 e. The number of rotatable bonds is 6. The van der Waals surface area contributed by atoms with Gasteiger partial charge in [0.1, 0.15) is 5.82 Å². The van der Waals surface area contributed by atoms with Crippen LogP contribution in [0.15, 0.2) is 24.3 Å². The third-order valence-corrected chi connectivity index (χ3v) is 3.04. The van der Waals surface area contributed by atoms with Crippen LogP contribution in [0.25, 0.3) is 0 Å². The molecule has 0 spiro atoms. The van der Waals surface area contributed by atoms with Crippen LogP contribution in [0.5, 0.6) is 0 Å². The van der Waals surface area contributed by atoms with Gasteiger partial charge < -0.3 is 10.8 Å². The van der Waals surface area contributed by atoms with E-state index in [4.69, 9.17) is 5.73 Å². The summed E-state index contributed by atoms with van der Waals surface area (Å²) in [6.07, 6.45) is 2.57. The Morgan fingerprint density at radius 1 is 1.31 bits per heavy atom. The largest absolute Gasteiger partial charge is 0.396 e. The van der Waals surface area contributed by atoms with Crippen molar-refractivity contribution in [2.75, 3.05) is 13.2 Å². The molecule has 1 unspecified atom stereocenters. The third kappa shape index (κ3) is 3.29. The predicted molar refractivity (Wildman–Crippen MR) is 63.6 cm³/mol. The maximum absolute atomic E-state index is 12.8. The zero-order chi connectivity index (χ0) is 12.0.